The van der Waals surface area contributed by atoms with Crippen molar-refractivity contribution in [3.63, 3.8) is 0 Å². The van der Waals surface area contributed by atoms with Gasteiger partial charge in [0.25, 0.3) is 5.91 Å². The molecule has 2 aromatic carbocycles. The molecule has 0 aromatic heterocycles. The smallest absolute Gasteiger partial charge is 0.257 e. The molecule has 1 N–H and O–H groups in total. The van der Waals surface area contributed by atoms with E-state index in [1.165, 1.54) is 5.56 Å². The topological polar surface area (TPSA) is 41.6 Å². The maximum Gasteiger partial charge on any atom is 0.257 e. The lowest BCUT2D eigenvalue weighted by molar-refractivity contribution is -0.135. The van der Waals surface area contributed by atoms with Crippen LogP contribution in [0.4, 0.5) is 0 Å². The third kappa shape index (κ3) is 5.77. The Bertz CT molecular complexity index is 543. The fraction of sp³-hybridized carbons (Fsp3) is 0.235. The van der Waals surface area contributed by atoms with Crippen LogP contribution in [0.25, 0.3) is 0 Å². The summed E-state index contributed by atoms with van der Waals surface area (Å²) in [4.78, 5) is 18.9. The van der Waals surface area contributed by atoms with Crippen molar-refractivity contribution in [2.24, 2.45) is 0 Å². The summed E-state index contributed by atoms with van der Waals surface area (Å²) in [5, 5.41) is 0. The van der Waals surface area contributed by atoms with Crippen molar-refractivity contribution in [2.75, 3.05) is 13.6 Å². The quantitative estimate of drug-likeness (QED) is 0.794. The summed E-state index contributed by atoms with van der Waals surface area (Å²) in [5.74, 6) is -0.149. The largest absolute Gasteiger partial charge is 0.293 e. The molecule has 21 heavy (non-hydrogen) atoms. The standard InChI is InChI=1S/C17H20N2O2/c1-19(12-15-8-4-2-5-9-15)13-17(20)18-21-14-16-10-6-3-7-11-16/h2-11H,12-14H2,1H3,(H,18,20). The van der Waals surface area contributed by atoms with Gasteiger partial charge in [-0.3, -0.25) is 14.5 Å². The summed E-state index contributed by atoms with van der Waals surface area (Å²) in [7, 11) is 1.91. The Morgan fingerprint density at radius 1 is 1.00 bits per heavy atom. The van der Waals surface area contributed by atoms with Crippen LogP contribution in [-0.2, 0) is 22.8 Å². The molecule has 4 heteroatoms. The minimum atomic E-state index is -0.149. The third-order valence-electron chi connectivity index (χ3n) is 2.98. The first kappa shape index (κ1) is 15.2. The van der Waals surface area contributed by atoms with E-state index in [2.05, 4.69) is 5.48 Å². The highest BCUT2D eigenvalue weighted by molar-refractivity contribution is 5.76. The SMILES string of the molecule is CN(CC(=O)NOCc1ccccc1)Cc1ccccc1. The van der Waals surface area contributed by atoms with Gasteiger partial charge < -0.3 is 0 Å². The highest BCUT2D eigenvalue weighted by atomic mass is 16.6. The lowest BCUT2D eigenvalue weighted by Gasteiger charge is -2.16. The number of nitrogens with zero attached hydrogens (tertiary/aromatic N) is 1. The lowest BCUT2D eigenvalue weighted by atomic mass is 10.2. The summed E-state index contributed by atoms with van der Waals surface area (Å²) in [6, 6.07) is 19.8. The fourth-order valence-corrected chi connectivity index (χ4v) is 2.00. The van der Waals surface area contributed by atoms with Gasteiger partial charge in [-0.25, -0.2) is 5.48 Å². The summed E-state index contributed by atoms with van der Waals surface area (Å²) in [5.41, 5.74) is 4.67. The first-order chi connectivity index (χ1) is 10.2. The number of carbonyl (C=O) groups excluding carboxylic acids is 1. The van der Waals surface area contributed by atoms with Crippen LogP contribution in [0.2, 0.25) is 0 Å². The van der Waals surface area contributed by atoms with E-state index in [9.17, 15) is 4.79 Å². The maximum atomic E-state index is 11.8. The average molecular weight is 284 g/mol. The van der Waals surface area contributed by atoms with Crippen LogP contribution in [0.1, 0.15) is 11.1 Å². The molecule has 0 radical (unpaired) electrons. The van der Waals surface area contributed by atoms with E-state index in [0.29, 0.717) is 13.2 Å². The van der Waals surface area contributed by atoms with Crippen LogP contribution in [0.3, 0.4) is 0 Å². The van der Waals surface area contributed by atoms with Crippen LogP contribution in [0.15, 0.2) is 60.7 Å². The molecule has 0 spiro atoms. The van der Waals surface area contributed by atoms with E-state index < -0.39 is 0 Å². The molecule has 4 nitrogen and oxygen atoms in total. The Morgan fingerprint density at radius 3 is 2.19 bits per heavy atom. The van der Waals surface area contributed by atoms with Gasteiger partial charge in [-0.2, -0.15) is 0 Å². The van der Waals surface area contributed by atoms with Crippen molar-refractivity contribution < 1.29 is 9.63 Å². The number of hydrogen-bond acceptors (Lipinski definition) is 3. The minimum Gasteiger partial charge on any atom is -0.293 e. The minimum absolute atomic E-state index is 0.149. The molecule has 0 aliphatic rings. The molecule has 0 saturated heterocycles. The molecular weight excluding hydrogens is 264 g/mol. The van der Waals surface area contributed by atoms with Crippen LogP contribution in [-0.4, -0.2) is 24.4 Å². The molecular formula is C17H20N2O2. The Kier molecular flexibility index (Phi) is 5.94. The number of amides is 1. The molecule has 2 aromatic rings. The number of hydrogen-bond donors (Lipinski definition) is 1. The van der Waals surface area contributed by atoms with Crippen molar-refractivity contribution >= 4 is 5.91 Å². The number of likely N-dealkylation sites (N-methyl/N-ethyl adjacent to an activating group) is 1. The molecule has 0 atom stereocenters. The monoisotopic (exact) mass is 284 g/mol. The number of rotatable bonds is 7. The van der Waals surface area contributed by atoms with E-state index in [4.69, 9.17) is 4.84 Å². The Hall–Kier alpha value is -2.17. The van der Waals surface area contributed by atoms with E-state index in [1.807, 2.05) is 72.6 Å². The van der Waals surface area contributed by atoms with Gasteiger partial charge in [-0.1, -0.05) is 60.7 Å². The van der Waals surface area contributed by atoms with Gasteiger partial charge >= 0.3 is 0 Å². The van der Waals surface area contributed by atoms with Crippen LogP contribution in [0, 0.1) is 0 Å². The molecule has 0 heterocycles. The van der Waals surface area contributed by atoms with Crippen molar-refractivity contribution in [3.05, 3.63) is 71.8 Å². The Morgan fingerprint density at radius 2 is 1.57 bits per heavy atom. The van der Waals surface area contributed by atoms with Crippen molar-refractivity contribution in [2.45, 2.75) is 13.2 Å². The van der Waals surface area contributed by atoms with Crippen molar-refractivity contribution in [1.29, 1.82) is 0 Å². The van der Waals surface area contributed by atoms with E-state index in [-0.39, 0.29) is 5.91 Å². The zero-order valence-electron chi connectivity index (χ0n) is 12.2. The molecule has 0 bridgehead atoms. The zero-order chi connectivity index (χ0) is 14.9. The van der Waals surface area contributed by atoms with Crippen molar-refractivity contribution in [3.8, 4) is 0 Å². The average Bonchev–Trinajstić information content (AvgIpc) is 2.49. The highest BCUT2D eigenvalue weighted by Crippen LogP contribution is 2.02. The van der Waals surface area contributed by atoms with Gasteiger partial charge in [-0.15, -0.1) is 0 Å². The van der Waals surface area contributed by atoms with Crippen LogP contribution >= 0.6 is 0 Å². The van der Waals surface area contributed by atoms with Gasteiger partial charge in [0.05, 0.1) is 13.2 Å². The summed E-state index contributed by atoms with van der Waals surface area (Å²) in [6.45, 7) is 1.39. The molecule has 0 aliphatic carbocycles. The first-order valence-corrected chi connectivity index (χ1v) is 6.91. The highest BCUT2D eigenvalue weighted by Gasteiger charge is 2.07. The number of nitrogens with one attached hydrogen (secondary N) is 1. The van der Waals surface area contributed by atoms with Gasteiger partial charge in [0.1, 0.15) is 0 Å². The van der Waals surface area contributed by atoms with Gasteiger partial charge in [-0.05, 0) is 18.2 Å². The molecule has 0 aliphatic heterocycles. The van der Waals surface area contributed by atoms with Gasteiger partial charge in [0.15, 0.2) is 0 Å². The van der Waals surface area contributed by atoms with E-state index in [1.54, 1.807) is 0 Å². The number of hydroxylamine groups is 1. The van der Waals surface area contributed by atoms with Gasteiger partial charge in [0, 0.05) is 6.54 Å². The fourth-order valence-electron chi connectivity index (χ4n) is 2.00. The van der Waals surface area contributed by atoms with Gasteiger partial charge in [0.2, 0.25) is 0 Å². The van der Waals surface area contributed by atoms with E-state index >= 15 is 0 Å². The second kappa shape index (κ2) is 8.19. The van der Waals surface area contributed by atoms with Crippen LogP contribution < -0.4 is 5.48 Å². The van der Waals surface area contributed by atoms with E-state index in [0.717, 1.165) is 12.1 Å². The van der Waals surface area contributed by atoms with Crippen molar-refractivity contribution in [1.82, 2.24) is 10.4 Å². The predicted octanol–water partition coefficient (Wildman–Crippen LogP) is 2.37. The normalized spacial score (nSPS) is 10.6. The second-order valence-corrected chi connectivity index (χ2v) is 4.96. The molecule has 0 fully saturated rings. The zero-order valence-corrected chi connectivity index (χ0v) is 12.2. The summed E-state index contributed by atoms with van der Waals surface area (Å²) < 4.78 is 0. The second-order valence-electron chi connectivity index (χ2n) is 4.96. The lowest BCUT2D eigenvalue weighted by Crippen LogP contribution is -2.34. The first-order valence-electron chi connectivity index (χ1n) is 6.91. The summed E-state index contributed by atoms with van der Waals surface area (Å²) in [6.07, 6.45) is 0. The predicted molar refractivity (Wildman–Crippen MR) is 82.1 cm³/mol. The third-order valence-corrected chi connectivity index (χ3v) is 2.98. The maximum absolute atomic E-state index is 11.8. The number of carbonyl (C=O) groups is 1. The molecule has 0 unspecified atom stereocenters. The molecule has 0 saturated carbocycles. The number of benzene rings is 2. The van der Waals surface area contributed by atoms with Crippen LogP contribution in [0.5, 0.6) is 0 Å². The molecule has 2 rings (SSSR count). The molecule has 1 amide bonds. The summed E-state index contributed by atoms with van der Waals surface area (Å²) >= 11 is 0. The Balaban J connectivity index is 1.67. The molecule has 110 valence electrons. The Labute approximate surface area is 125 Å².